The molecule has 0 unspecified atom stereocenters. The van der Waals surface area contributed by atoms with Gasteiger partial charge in [-0.1, -0.05) is 120 Å². The van der Waals surface area contributed by atoms with E-state index in [1.807, 2.05) is 97.1 Å². The van der Waals surface area contributed by atoms with Gasteiger partial charge in [-0.25, -0.2) is 0 Å². The van der Waals surface area contributed by atoms with Crippen LogP contribution in [0.25, 0.3) is 23.3 Å². The van der Waals surface area contributed by atoms with Crippen LogP contribution >= 0.6 is 0 Å². The van der Waals surface area contributed by atoms with E-state index in [1.54, 1.807) is 0 Å². The van der Waals surface area contributed by atoms with Gasteiger partial charge < -0.3 is 9.80 Å². The van der Waals surface area contributed by atoms with Gasteiger partial charge in [-0.05, 0) is 121 Å². The normalized spacial score (nSPS) is 11.3. The Labute approximate surface area is 318 Å². The molecule has 0 N–H and O–H groups in total. The van der Waals surface area contributed by atoms with E-state index in [0.29, 0.717) is 11.1 Å². The van der Waals surface area contributed by atoms with Gasteiger partial charge in [0.05, 0.1) is 23.3 Å². The van der Waals surface area contributed by atoms with Crippen molar-refractivity contribution in [1.82, 2.24) is 0 Å². The first kappa shape index (κ1) is 35.0. The molecule has 54 heavy (non-hydrogen) atoms. The Hall–Kier alpha value is -7.40. The number of hydrogen-bond acceptors (Lipinski definition) is 4. The first-order chi connectivity index (χ1) is 26.5. The predicted octanol–water partition coefficient (Wildman–Crippen LogP) is 13.4. The van der Waals surface area contributed by atoms with Gasteiger partial charge in [-0.2, -0.15) is 10.5 Å². The van der Waals surface area contributed by atoms with E-state index in [9.17, 15) is 10.5 Å². The third-order valence-corrected chi connectivity index (χ3v) is 9.29. The molecular weight excluding hydrogens is 657 g/mol. The highest BCUT2D eigenvalue weighted by Crippen LogP contribution is 2.37. The zero-order chi connectivity index (χ0) is 37.3. The third kappa shape index (κ3) is 8.05. The SMILES string of the molecule is Cc1ccc(N(c2ccccc2)c2ccc(C(C#N)=Cc3ccc(C=C(C#N)c4ccc(N(c5ccccc5)c5ccc(C)cc5)cc4)cc3)cc2)cc1. The molecule has 0 heterocycles. The fraction of sp³-hybridized carbons (Fsp3) is 0.0400. The van der Waals surface area contributed by atoms with Gasteiger partial charge in [0.25, 0.3) is 0 Å². The van der Waals surface area contributed by atoms with Crippen LogP contribution in [-0.2, 0) is 0 Å². The molecule has 0 amide bonds. The van der Waals surface area contributed by atoms with Crippen molar-refractivity contribution in [3.8, 4) is 12.1 Å². The van der Waals surface area contributed by atoms with Crippen molar-refractivity contribution in [3.63, 3.8) is 0 Å². The molecule has 4 heteroatoms. The lowest BCUT2D eigenvalue weighted by atomic mass is 10.0. The summed E-state index contributed by atoms with van der Waals surface area (Å²) in [5.41, 5.74) is 13.3. The summed E-state index contributed by atoms with van der Waals surface area (Å²) in [5, 5.41) is 20.3. The van der Waals surface area contributed by atoms with Crippen molar-refractivity contribution >= 4 is 57.4 Å². The van der Waals surface area contributed by atoms with E-state index >= 15 is 0 Å². The van der Waals surface area contributed by atoms with E-state index < -0.39 is 0 Å². The third-order valence-electron chi connectivity index (χ3n) is 9.29. The van der Waals surface area contributed by atoms with Gasteiger partial charge in [0, 0.05) is 34.1 Å². The van der Waals surface area contributed by atoms with Gasteiger partial charge in [0.1, 0.15) is 0 Å². The summed E-state index contributed by atoms with van der Waals surface area (Å²) in [5.74, 6) is 0. The van der Waals surface area contributed by atoms with Gasteiger partial charge >= 0.3 is 0 Å². The van der Waals surface area contributed by atoms with Crippen LogP contribution in [0.1, 0.15) is 33.4 Å². The van der Waals surface area contributed by atoms with Crippen molar-refractivity contribution in [2.24, 2.45) is 0 Å². The molecule has 0 aliphatic rings. The average Bonchev–Trinajstić information content (AvgIpc) is 3.22. The topological polar surface area (TPSA) is 54.1 Å². The summed E-state index contributed by atoms with van der Waals surface area (Å²) in [6.07, 6.45) is 3.79. The molecule has 7 aromatic carbocycles. The Kier molecular flexibility index (Phi) is 10.6. The largest absolute Gasteiger partial charge is 0.311 e. The fourth-order valence-electron chi connectivity index (χ4n) is 6.40. The highest BCUT2D eigenvalue weighted by atomic mass is 15.1. The minimum Gasteiger partial charge on any atom is -0.311 e. The van der Waals surface area contributed by atoms with Gasteiger partial charge in [0.2, 0.25) is 0 Å². The lowest BCUT2D eigenvalue weighted by Gasteiger charge is -2.25. The van der Waals surface area contributed by atoms with Crippen LogP contribution in [0, 0.1) is 36.5 Å². The van der Waals surface area contributed by atoms with Crippen LogP contribution in [0.5, 0.6) is 0 Å². The number of benzene rings is 7. The van der Waals surface area contributed by atoms with Crippen LogP contribution in [0.15, 0.2) is 182 Å². The first-order valence-corrected chi connectivity index (χ1v) is 17.9. The number of para-hydroxylation sites is 2. The number of nitriles is 2. The molecule has 0 bridgehead atoms. The molecule has 0 fully saturated rings. The number of hydrogen-bond donors (Lipinski definition) is 0. The Balaban J connectivity index is 1.10. The Morgan fingerprint density at radius 2 is 0.648 bits per heavy atom. The number of allylic oxidation sites excluding steroid dienone is 2. The second-order valence-corrected chi connectivity index (χ2v) is 13.1. The predicted molar refractivity (Wildman–Crippen MR) is 225 cm³/mol. The molecule has 7 aromatic rings. The van der Waals surface area contributed by atoms with Crippen LogP contribution < -0.4 is 9.80 Å². The van der Waals surface area contributed by atoms with E-state index in [4.69, 9.17) is 0 Å². The number of rotatable bonds is 10. The number of aryl methyl sites for hydroxylation is 2. The number of nitrogens with zero attached hydrogens (tertiary/aromatic N) is 4. The molecule has 0 saturated carbocycles. The lowest BCUT2D eigenvalue weighted by Crippen LogP contribution is -2.09. The van der Waals surface area contributed by atoms with Gasteiger partial charge in [-0.3, -0.25) is 0 Å². The molecule has 0 atom stereocenters. The van der Waals surface area contributed by atoms with E-state index in [0.717, 1.165) is 56.4 Å². The second kappa shape index (κ2) is 16.3. The van der Waals surface area contributed by atoms with Crippen LogP contribution in [-0.4, -0.2) is 0 Å². The molecule has 258 valence electrons. The van der Waals surface area contributed by atoms with Crippen LogP contribution in [0.2, 0.25) is 0 Å². The minimum atomic E-state index is 0.569. The van der Waals surface area contributed by atoms with E-state index in [2.05, 4.69) is 133 Å². The summed E-state index contributed by atoms with van der Waals surface area (Å²) < 4.78 is 0. The molecule has 0 spiro atoms. The molecule has 7 rings (SSSR count). The van der Waals surface area contributed by atoms with Gasteiger partial charge in [-0.15, -0.1) is 0 Å². The molecule has 0 aromatic heterocycles. The minimum absolute atomic E-state index is 0.569. The molecule has 0 aliphatic heterocycles. The maximum Gasteiger partial charge on any atom is 0.0998 e. The summed E-state index contributed by atoms with van der Waals surface area (Å²) in [7, 11) is 0. The monoisotopic (exact) mass is 694 g/mol. The average molecular weight is 695 g/mol. The number of anilines is 6. The van der Waals surface area contributed by atoms with Crippen molar-refractivity contribution < 1.29 is 0 Å². The maximum atomic E-state index is 10.1. The summed E-state index contributed by atoms with van der Waals surface area (Å²) in [6.45, 7) is 4.17. The second-order valence-electron chi connectivity index (χ2n) is 13.1. The fourth-order valence-corrected chi connectivity index (χ4v) is 6.40. The van der Waals surface area contributed by atoms with Crippen LogP contribution in [0.4, 0.5) is 34.1 Å². The van der Waals surface area contributed by atoms with Crippen molar-refractivity contribution in [3.05, 3.63) is 215 Å². The molecule has 0 saturated heterocycles. The summed E-state index contributed by atoms with van der Waals surface area (Å²) in [4.78, 5) is 4.42. The first-order valence-electron chi connectivity index (χ1n) is 17.9. The smallest absolute Gasteiger partial charge is 0.0998 e. The van der Waals surface area contributed by atoms with Crippen molar-refractivity contribution in [1.29, 1.82) is 10.5 Å². The van der Waals surface area contributed by atoms with Crippen molar-refractivity contribution in [2.75, 3.05) is 9.80 Å². The van der Waals surface area contributed by atoms with E-state index in [-0.39, 0.29) is 0 Å². The zero-order valence-corrected chi connectivity index (χ0v) is 30.3. The molecule has 0 radical (unpaired) electrons. The Morgan fingerprint density at radius 3 is 0.944 bits per heavy atom. The van der Waals surface area contributed by atoms with E-state index in [1.165, 1.54) is 11.1 Å². The lowest BCUT2D eigenvalue weighted by molar-refractivity contribution is 1.27. The standard InChI is InChI=1S/C50H38N4/c1-37-13-25-47(26-14-37)53(45-9-5-3-6-10-45)49-29-21-41(22-30-49)43(35-51)33-39-17-19-40(20-18-39)34-44(36-52)42-23-31-50(32-24-42)54(46-11-7-4-8-12-46)48-27-15-38(2)16-28-48/h3-34H,1-2H3. The van der Waals surface area contributed by atoms with Crippen LogP contribution in [0.3, 0.4) is 0 Å². The Bertz CT molecular complexity index is 2290. The maximum absolute atomic E-state index is 10.1. The molecule has 4 nitrogen and oxygen atoms in total. The highest BCUT2D eigenvalue weighted by Gasteiger charge is 2.14. The quantitative estimate of drug-likeness (QED) is 0.106. The summed E-state index contributed by atoms with van der Waals surface area (Å²) >= 11 is 0. The highest BCUT2D eigenvalue weighted by molar-refractivity contribution is 5.92. The van der Waals surface area contributed by atoms with Gasteiger partial charge in [0.15, 0.2) is 0 Å². The Morgan fingerprint density at radius 1 is 0.370 bits per heavy atom. The zero-order valence-electron chi connectivity index (χ0n) is 30.3. The van der Waals surface area contributed by atoms with Crippen molar-refractivity contribution in [2.45, 2.75) is 13.8 Å². The molecular formula is C50H38N4. The summed E-state index contributed by atoms with van der Waals surface area (Å²) in [6, 6.07) is 66.4. The molecule has 0 aliphatic carbocycles.